The first-order valence-electron chi connectivity index (χ1n) is 11.4. The van der Waals surface area contributed by atoms with Crippen molar-refractivity contribution in [3.05, 3.63) is 83.9 Å². The standard InChI is InChI=1S/C23H20N2.C5H11N/c24-17-19-4-6-20(7-5-19)22-10-9-21-15-18(3-8-23(21)16-22)11-14-25-12-1-2-13-25;1-5-3-2-4-6-5/h1-10,15-16H,11-14H2;5-6H,2-4H2,1H3/t;5-/m.1/s1. The van der Waals surface area contributed by atoms with Crippen molar-refractivity contribution < 1.29 is 0 Å². The highest BCUT2D eigenvalue weighted by atomic mass is 15.1. The normalized spacial score (nSPS) is 18.0. The number of rotatable bonds is 4. The molecule has 0 radical (unpaired) electrons. The zero-order chi connectivity index (χ0) is 21.5. The lowest BCUT2D eigenvalue weighted by atomic mass is 9.98. The number of fused-ring (bicyclic) bond motifs is 1. The molecule has 0 aromatic heterocycles. The number of hydrogen-bond acceptors (Lipinski definition) is 3. The second-order valence-electron chi connectivity index (χ2n) is 8.56. The van der Waals surface area contributed by atoms with E-state index < -0.39 is 0 Å². The van der Waals surface area contributed by atoms with Gasteiger partial charge in [0.15, 0.2) is 0 Å². The maximum Gasteiger partial charge on any atom is 0.0991 e. The van der Waals surface area contributed by atoms with Crippen molar-refractivity contribution >= 4 is 10.8 Å². The highest BCUT2D eigenvalue weighted by Crippen LogP contribution is 2.25. The van der Waals surface area contributed by atoms with Gasteiger partial charge in [-0.3, -0.25) is 4.90 Å². The summed E-state index contributed by atoms with van der Waals surface area (Å²) in [5.41, 5.74) is 4.42. The summed E-state index contributed by atoms with van der Waals surface area (Å²) in [5.74, 6) is 0. The third kappa shape index (κ3) is 5.82. The van der Waals surface area contributed by atoms with Crippen LogP contribution in [0.3, 0.4) is 0 Å². The zero-order valence-electron chi connectivity index (χ0n) is 18.3. The van der Waals surface area contributed by atoms with Crippen LogP contribution < -0.4 is 5.32 Å². The molecule has 1 saturated heterocycles. The van der Waals surface area contributed by atoms with Gasteiger partial charge in [0.2, 0.25) is 0 Å². The molecular formula is C28H31N3. The first-order valence-corrected chi connectivity index (χ1v) is 11.4. The van der Waals surface area contributed by atoms with Gasteiger partial charge in [0.25, 0.3) is 0 Å². The van der Waals surface area contributed by atoms with Crippen LogP contribution in [0, 0.1) is 11.3 Å². The Balaban J connectivity index is 0.000000334. The van der Waals surface area contributed by atoms with E-state index in [-0.39, 0.29) is 0 Å². The number of nitrogens with one attached hydrogen (secondary N) is 1. The summed E-state index contributed by atoms with van der Waals surface area (Å²) in [7, 11) is 0. The number of hydrogen-bond donors (Lipinski definition) is 1. The van der Waals surface area contributed by atoms with Crippen LogP contribution in [0.1, 0.15) is 30.9 Å². The van der Waals surface area contributed by atoms with Crippen molar-refractivity contribution in [2.75, 3.05) is 26.2 Å². The molecule has 2 heterocycles. The smallest absolute Gasteiger partial charge is 0.0991 e. The summed E-state index contributed by atoms with van der Waals surface area (Å²) in [6.07, 6.45) is 8.33. The molecule has 3 nitrogen and oxygen atoms in total. The van der Waals surface area contributed by atoms with Crippen LogP contribution in [0.5, 0.6) is 0 Å². The molecule has 0 amide bonds. The van der Waals surface area contributed by atoms with E-state index >= 15 is 0 Å². The van der Waals surface area contributed by atoms with Crippen molar-refractivity contribution in [1.82, 2.24) is 10.2 Å². The minimum Gasteiger partial charge on any atom is -0.314 e. The minimum atomic E-state index is 0.697. The highest BCUT2D eigenvalue weighted by Gasteiger charge is 2.07. The molecule has 0 unspecified atom stereocenters. The van der Waals surface area contributed by atoms with Crippen LogP contribution in [0.25, 0.3) is 21.9 Å². The van der Waals surface area contributed by atoms with E-state index in [1.165, 1.54) is 41.3 Å². The fourth-order valence-electron chi connectivity index (χ4n) is 4.22. The molecule has 2 aliphatic rings. The molecule has 0 aliphatic carbocycles. The Bertz CT molecular complexity index is 1060. The molecule has 2 aliphatic heterocycles. The van der Waals surface area contributed by atoms with Gasteiger partial charge in [0.05, 0.1) is 11.6 Å². The fraction of sp³-hybridized carbons (Fsp3) is 0.321. The SMILES string of the molecule is C[C@@H]1CCCN1.N#Cc1ccc(-c2ccc3cc(CCN4CC=CC4)ccc3c2)cc1. The van der Waals surface area contributed by atoms with Gasteiger partial charge in [0, 0.05) is 25.7 Å². The summed E-state index contributed by atoms with van der Waals surface area (Å²) in [6, 6.07) is 24.1. The van der Waals surface area contributed by atoms with Crippen molar-refractivity contribution in [2.24, 2.45) is 0 Å². The van der Waals surface area contributed by atoms with Gasteiger partial charge >= 0.3 is 0 Å². The molecule has 5 rings (SSSR count). The first-order chi connectivity index (χ1) is 15.2. The van der Waals surface area contributed by atoms with E-state index in [2.05, 4.69) is 71.8 Å². The molecule has 0 spiro atoms. The lowest BCUT2D eigenvalue weighted by Gasteiger charge is -2.14. The van der Waals surface area contributed by atoms with Crippen molar-refractivity contribution in [3.63, 3.8) is 0 Å². The minimum absolute atomic E-state index is 0.697. The van der Waals surface area contributed by atoms with Gasteiger partial charge in [0.1, 0.15) is 0 Å². The second kappa shape index (κ2) is 10.4. The summed E-state index contributed by atoms with van der Waals surface area (Å²) >= 11 is 0. The number of benzene rings is 3. The average molecular weight is 410 g/mol. The Labute approximate surface area is 186 Å². The van der Waals surface area contributed by atoms with Gasteiger partial charge in [-0.1, -0.05) is 54.6 Å². The third-order valence-corrected chi connectivity index (χ3v) is 6.17. The summed E-state index contributed by atoms with van der Waals surface area (Å²) < 4.78 is 0. The van der Waals surface area contributed by atoms with Gasteiger partial charge in [-0.25, -0.2) is 0 Å². The Hall–Kier alpha value is -2.93. The molecule has 0 bridgehead atoms. The van der Waals surface area contributed by atoms with Crippen LogP contribution >= 0.6 is 0 Å². The highest BCUT2D eigenvalue weighted by molar-refractivity contribution is 5.87. The average Bonchev–Trinajstić information content (AvgIpc) is 3.52. The predicted octanol–water partition coefficient (Wildman–Crippen LogP) is 5.55. The molecule has 0 saturated carbocycles. The van der Waals surface area contributed by atoms with Crippen molar-refractivity contribution in [2.45, 2.75) is 32.2 Å². The van der Waals surface area contributed by atoms with Gasteiger partial charge in [-0.2, -0.15) is 5.26 Å². The lowest BCUT2D eigenvalue weighted by Crippen LogP contribution is -2.22. The van der Waals surface area contributed by atoms with E-state index in [9.17, 15) is 0 Å². The predicted molar refractivity (Wildman–Crippen MR) is 130 cm³/mol. The van der Waals surface area contributed by atoms with Crippen molar-refractivity contribution in [3.8, 4) is 17.2 Å². The molecule has 3 heteroatoms. The van der Waals surface area contributed by atoms with Crippen LogP contribution in [0.4, 0.5) is 0 Å². The third-order valence-electron chi connectivity index (χ3n) is 6.17. The summed E-state index contributed by atoms with van der Waals surface area (Å²) in [6.45, 7) is 6.75. The quantitative estimate of drug-likeness (QED) is 0.574. The second-order valence-corrected chi connectivity index (χ2v) is 8.56. The molecule has 31 heavy (non-hydrogen) atoms. The Morgan fingerprint density at radius 2 is 1.65 bits per heavy atom. The van der Waals surface area contributed by atoms with Crippen LogP contribution in [-0.4, -0.2) is 37.1 Å². The van der Waals surface area contributed by atoms with Gasteiger partial charge < -0.3 is 5.32 Å². The van der Waals surface area contributed by atoms with Crippen LogP contribution in [0.2, 0.25) is 0 Å². The molecular weight excluding hydrogens is 378 g/mol. The molecule has 158 valence electrons. The first kappa shape index (κ1) is 21.3. The van der Waals surface area contributed by atoms with E-state index in [1.807, 2.05) is 24.3 Å². The Morgan fingerprint density at radius 3 is 2.29 bits per heavy atom. The topological polar surface area (TPSA) is 39.1 Å². The largest absolute Gasteiger partial charge is 0.314 e. The monoisotopic (exact) mass is 409 g/mol. The Morgan fingerprint density at radius 1 is 0.935 bits per heavy atom. The Kier molecular flexibility index (Phi) is 7.14. The number of nitriles is 1. The zero-order valence-corrected chi connectivity index (χ0v) is 18.3. The van der Waals surface area contributed by atoms with Gasteiger partial charge in [-0.05, 0) is 78.4 Å². The molecule has 1 N–H and O–H groups in total. The van der Waals surface area contributed by atoms with Crippen LogP contribution in [0.15, 0.2) is 72.8 Å². The molecule has 1 fully saturated rings. The number of nitrogens with zero attached hydrogens (tertiary/aromatic N) is 2. The van der Waals surface area contributed by atoms with Gasteiger partial charge in [-0.15, -0.1) is 0 Å². The van der Waals surface area contributed by atoms with E-state index in [1.54, 1.807) is 0 Å². The summed E-state index contributed by atoms with van der Waals surface area (Å²) in [5, 5.41) is 14.8. The molecule has 3 aromatic rings. The fourth-order valence-corrected chi connectivity index (χ4v) is 4.22. The van der Waals surface area contributed by atoms with E-state index in [0.717, 1.165) is 37.7 Å². The van der Waals surface area contributed by atoms with Crippen LogP contribution in [-0.2, 0) is 6.42 Å². The lowest BCUT2D eigenvalue weighted by molar-refractivity contribution is 0.357. The maximum absolute atomic E-state index is 8.92. The molecule has 1 atom stereocenters. The maximum atomic E-state index is 8.92. The van der Waals surface area contributed by atoms with E-state index in [0.29, 0.717) is 5.56 Å². The summed E-state index contributed by atoms with van der Waals surface area (Å²) in [4.78, 5) is 2.46. The van der Waals surface area contributed by atoms with E-state index in [4.69, 9.17) is 5.26 Å². The molecule has 3 aromatic carbocycles. The van der Waals surface area contributed by atoms with Crippen molar-refractivity contribution in [1.29, 1.82) is 5.26 Å².